The van der Waals surface area contributed by atoms with Crippen LogP contribution >= 0.6 is 11.6 Å². The Balaban J connectivity index is 2.95. The maximum atomic E-state index is 11.8. The highest BCUT2D eigenvalue weighted by molar-refractivity contribution is 6.30. The molecule has 92 valence electrons. The number of halogens is 1. The van der Waals surface area contributed by atoms with Crippen molar-refractivity contribution < 1.29 is 14.7 Å². The predicted molar refractivity (Wildman–Crippen MR) is 63.9 cm³/mol. The quantitative estimate of drug-likeness (QED) is 0.754. The van der Waals surface area contributed by atoms with Gasteiger partial charge >= 0.3 is 0 Å². The van der Waals surface area contributed by atoms with Crippen LogP contribution in [0.3, 0.4) is 0 Å². The lowest BCUT2D eigenvalue weighted by molar-refractivity contribution is -0.122. The molecule has 0 radical (unpaired) electrons. The second-order valence-electron chi connectivity index (χ2n) is 4.10. The van der Waals surface area contributed by atoms with Crippen LogP contribution in [0.5, 0.6) is 5.75 Å². The topological polar surface area (TPSA) is 92.4 Å². The molecule has 2 amide bonds. The molecule has 0 aliphatic carbocycles. The number of nitrogens with one attached hydrogen (secondary N) is 1. The predicted octanol–water partition coefficient (Wildman–Crippen LogP) is 1.04. The molecular weight excluding hydrogens is 244 g/mol. The molecule has 0 spiro atoms. The summed E-state index contributed by atoms with van der Waals surface area (Å²) in [7, 11) is 0. The molecule has 0 fully saturated rings. The zero-order valence-corrected chi connectivity index (χ0v) is 10.2. The van der Waals surface area contributed by atoms with Gasteiger partial charge in [0.15, 0.2) is 0 Å². The van der Waals surface area contributed by atoms with Gasteiger partial charge in [-0.25, -0.2) is 0 Å². The van der Waals surface area contributed by atoms with Gasteiger partial charge in [0, 0.05) is 5.02 Å². The van der Waals surface area contributed by atoms with Gasteiger partial charge in [0.25, 0.3) is 5.91 Å². The molecule has 4 N–H and O–H groups in total. The number of phenols is 1. The second-order valence-corrected chi connectivity index (χ2v) is 4.54. The van der Waals surface area contributed by atoms with Gasteiger partial charge in [-0.1, -0.05) is 11.6 Å². The molecule has 6 heteroatoms. The molecule has 0 saturated carbocycles. The monoisotopic (exact) mass is 256 g/mol. The Bertz CT molecular complexity index is 472. The third kappa shape index (κ3) is 3.10. The smallest absolute Gasteiger partial charge is 0.255 e. The third-order valence-electron chi connectivity index (χ3n) is 2.25. The summed E-state index contributed by atoms with van der Waals surface area (Å²) < 4.78 is 0. The summed E-state index contributed by atoms with van der Waals surface area (Å²) >= 11 is 5.64. The van der Waals surface area contributed by atoms with Gasteiger partial charge < -0.3 is 16.2 Å². The molecule has 1 rings (SSSR count). The standard InChI is InChI=1S/C11H13ClN2O3/c1-11(2,10(13)17)14-9(16)7-4-3-6(12)5-8(7)15/h3-5,15H,1-2H3,(H2,13,17)(H,14,16). The molecule has 1 aromatic rings. The average Bonchev–Trinajstić information content (AvgIpc) is 2.15. The number of carbonyl (C=O) groups is 2. The van der Waals surface area contributed by atoms with Gasteiger partial charge in [-0.3, -0.25) is 9.59 Å². The summed E-state index contributed by atoms with van der Waals surface area (Å²) in [6, 6.07) is 4.07. The fraction of sp³-hybridized carbons (Fsp3) is 0.273. The van der Waals surface area contributed by atoms with Crippen molar-refractivity contribution in [2.75, 3.05) is 0 Å². The number of phenolic OH excluding ortho intramolecular Hbond substituents is 1. The first-order valence-corrected chi connectivity index (χ1v) is 5.23. The molecule has 5 nitrogen and oxygen atoms in total. The van der Waals surface area contributed by atoms with Crippen molar-refractivity contribution in [3.05, 3.63) is 28.8 Å². The first-order chi connectivity index (χ1) is 7.74. The number of benzene rings is 1. The van der Waals surface area contributed by atoms with Crippen molar-refractivity contribution in [2.24, 2.45) is 5.73 Å². The Morgan fingerprint density at radius 3 is 2.47 bits per heavy atom. The zero-order chi connectivity index (χ0) is 13.2. The van der Waals surface area contributed by atoms with Gasteiger partial charge in [-0.15, -0.1) is 0 Å². The Morgan fingerprint density at radius 1 is 1.41 bits per heavy atom. The van der Waals surface area contributed by atoms with E-state index >= 15 is 0 Å². The van der Waals surface area contributed by atoms with E-state index in [1.807, 2.05) is 0 Å². The maximum Gasteiger partial charge on any atom is 0.255 e. The fourth-order valence-corrected chi connectivity index (χ4v) is 1.28. The number of rotatable bonds is 3. The van der Waals surface area contributed by atoms with E-state index in [2.05, 4.69) is 5.32 Å². The number of carbonyl (C=O) groups excluding carboxylic acids is 2. The molecule has 0 aliphatic rings. The fourth-order valence-electron chi connectivity index (χ4n) is 1.11. The molecule has 0 bridgehead atoms. The Labute approximate surface area is 104 Å². The Kier molecular flexibility index (Phi) is 3.63. The summed E-state index contributed by atoms with van der Waals surface area (Å²) in [6.45, 7) is 2.94. The van der Waals surface area contributed by atoms with Crippen LogP contribution in [0.25, 0.3) is 0 Å². The summed E-state index contributed by atoms with van der Waals surface area (Å²) in [6.07, 6.45) is 0. The average molecular weight is 257 g/mol. The summed E-state index contributed by atoms with van der Waals surface area (Å²) in [4.78, 5) is 22.8. The first kappa shape index (κ1) is 13.3. The minimum atomic E-state index is -1.19. The van der Waals surface area contributed by atoms with Crippen LogP contribution in [0.1, 0.15) is 24.2 Å². The molecule has 1 aromatic carbocycles. The van der Waals surface area contributed by atoms with E-state index in [1.165, 1.54) is 32.0 Å². The molecule has 0 aliphatic heterocycles. The minimum Gasteiger partial charge on any atom is -0.507 e. The van der Waals surface area contributed by atoms with Gasteiger partial charge in [0.1, 0.15) is 11.3 Å². The van der Waals surface area contributed by atoms with Crippen molar-refractivity contribution in [2.45, 2.75) is 19.4 Å². The van der Waals surface area contributed by atoms with E-state index in [0.717, 1.165) is 0 Å². The lowest BCUT2D eigenvalue weighted by Gasteiger charge is -2.22. The van der Waals surface area contributed by atoms with Crippen LogP contribution in [-0.4, -0.2) is 22.5 Å². The summed E-state index contributed by atoms with van der Waals surface area (Å²) in [5.74, 6) is -1.52. The Hall–Kier alpha value is -1.75. The number of hydrogen-bond acceptors (Lipinski definition) is 3. The molecular formula is C11H13ClN2O3. The molecule has 0 atom stereocenters. The SMILES string of the molecule is CC(C)(NC(=O)c1ccc(Cl)cc1O)C(N)=O. The van der Waals surface area contributed by atoms with Gasteiger partial charge in [-0.2, -0.15) is 0 Å². The van der Waals surface area contributed by atoms with Crippen molar-refractivity contribution >= 4 is 23.4 Å². The van der Waals surface area contributed by atoms with Crippen LogP contribution in [0.15, 0.2) is 18.2 Å². The summed E-state index contributed by atoms with van der Waals surface area (Å²) in [5, 5.41) is 12.3. The van der Waals surface area contributed by atoms with E-state index in [4.69, 9.17) is 17.3 Å². The molecule has 0 heterocycles. The van der Waals surface area contributed by atoms with Crippen molar-refractivity contribution in [1.82, 2.24) is 5.32 Å². The van der Waals surface area contributed by atoms with Crippen molar-refractivity contribution in [1.29, 1.82) is 0 Å². The van der Waals surface area contributed by atoms with Crippen LogP contribution in [-0.2, 0) is 4.79 Å². The van der Waals surface area contributed by atoms with Crippen LogP contribution in [0.2, 0.25) is 5.02 Å². The van der Waals surface area contributed by atoms with Gasteiger partial charge in [0.2, 0.25) is 5.91 Å². The lowest BCUT2D eigenvalue weighted by Crippen LogP contribution is -2.53. The minimum absolute atomic E-state index is 0.0312. The van der Waals surface area contributed by atoms with E-state index in [9.17, 15) is 14.7 Å². The van der Waals surface area contributed by atoms with E-state index in [0.29, 0.717) is 5.02 Å². The maximum absolute atomic E-state index is 11.8. The number of aromatic hydroxyl groups is 1. The summed E-state index contributed by atoms with van der Waals surface area (Å²) in [5.41, 5.74) is 3.96. The highest BCUT2D eigenvalue weighted by atomic mass is 35.5. The van der Waals surface area contributed by atoms with Crippen molar-refractivity contribution in [3.8, 4) is 5.75 Å². The number of hydrogen-bond donors (Lipinski definition) is 3. The van der Waals surface area contributed by atoms with Gasteiger partial charge in [-0.05, 0) is 32.0 Å². The van der Waals surface area contributed by atoms with Gasteiger partial charge in [0.05, 0.1) is 5.56 Å². The first-order valence-electron chi connectivity index (χ1n) is 4.85. The molecule has 17 heavy (non-hydrogen) atoms. The lowest BCUT2D eigenvalue weighted by atomic mass is 10.0. The third-order valence-corrected chi connectivity index (χ3v) is 2.48. The highest BCUT2D eigenvalue weighted by Gasteiger charge is 2.28. The largest absolute Gasteiger partial charge is 0.507 e. The van der Waals surface area contributed by atoms with E-state index in [1.54, 1.807) is 0 Å². The highest BCUT2D eigenvalue weighted by Crippen LogP contribution is 2.22. The normalized spacial score (nSPS) is 11.0. The van der Waals surface area contributed by atoms with Crippen LogP contribution < -0.4 is 11.1 Å². The Morgan fingerprint density at radius 2 is 2.00 bits per heavy atom. The molecule has 0 saturated heterocycles. The van der Waals surface area contributed by atoms with E-state index < -0.39 is 17.4 Å². The molecule has 0 unspecified atom stereocenters. The zero-order valence-electron chi connectivity index (χ0n) is 9.45. The number of primary amides is 1. The van der Waals surface area contributed by atoms with E-state index in [-0.39, 0.29) is 11.3 Å². The molecule has 0 aromatic heterocycles. The van der Waals surface area contributed by atoms with Crippen molar-refractivity contribution in [3.63, 3.8) is 0 Å². The number of amides is 2. The van der Waals surface area contributed by atoms with Crippen LogP contribution in [0.4, 0.5) is 0 Å². The second kappa shape index (κ2) is 4.63. The van der Waals surface area contributed by atoms with Crippen LogP contribution in [0, 0.1) is 0 Å². The number of nitrogens with two attached hydrogens (primary N) is 1.